The Morgan fingerprint density at radius 3 is 2.52 bits per heavy atom. The highest BCUT2D eigenvalue weighted by atomic mass is 16.5. The Hall–Kier alpha value is -3.41. The van der Waals surface area contributed by atoms with Crippen LogP contribution in [-0.2, 0) is 0 Å². The third-order valence-corrected chi connectivity index (χ3v) is 5.60. The molecule has 3 aromatic rings. The molecule has 2 aromatic carbocycles. The van der Waals surface area contributed by atoms with Gasteiger partial charge in [-0.3, -0.25) is 4.79 Å². The summed E-state index contributed by atoms with van der Waals surface area (Å²) in [7, 11) is 0. The molecular formula is C25H28N4O2. The number of aromatic nitrogens is 2. The first-order valence-corrected chi connectivity index (χ1v) is 10.9. The number of hydrogen-bond donors (Lipinski definition) is 1. The SMILES string of the molecule is CCOc1ccc(C(=O)Nc2cccc(-c3ccc(N4CCC(C)CC4)nn3)c2)cc1. The summed E-state index contributed by atoms with van der Waals surface area (Å²) in [6.45, 7) is 6.89. The van der Waals surface area contributed by atoms with Crippen molar-refractivity contribution < 1.29 is 9.53 Å². The molecule has 0 saturated carbocycles. The van der Waals surface area contributed by atoms with Gasteiger partial charge in [0.15, 0.2) is 5.82 Å². The smallest absolute Gasteiger partial charge is 0.255 e. The number of carbonyl (C=O) groups is 1. The predicted octanol–water partition coefficient (Wildman–Crippen LogP) is 5.03. The number of nitrogens with one attached hydrogen (secondary N) is 1. The van der Waals surface area contributed by atoms with E-state index in [-0.39, 0.29) is 5.91 Å². The van der Waals surface area contributed by atoms with Crippen LogP contribution in [0.3, 0.4) is 0 Å². The molecule has 0 spiro atoms. The fraction of sp³-hybridized carbons (Fsp3) is 0.320. The van der Waals surface area contributed by atoms with Crippen molar-refractivity contribution >= 4 is 17.4 Å². The van der Waals surface area contributed by atoms with Gasteiger partial charge in [0.2, 0.25) is 0 Å². The van der Waals surface area contributed by atoms with Crippen LogP contribution in [0.5, 0.6) is 5.75 Å². The molecule has 31 heavy (non-hydrogen) atoms. The van der Waals surface area contributed by atoms with E-state index >= 15 is 0 Å². The number of amides is 1. The largest absolute Gasteiger partial charge is 0.494 e. The molecule has 1 amide bonds. The van der Waals surface area contributed by atoms with Crippen LogP contribution in [0, 0.1) is 5.92 Å². The number of nitrogens with zero attached hydrogens (tertiary/aromatic N) is 3. The Balaban J connectivity index is 1.43. The van der Waals surface area contributed by atoms with Crippen molar-refractivity contribution in [2.45, 2.75) is 26.7 Å². The van der Waals surface area contributed by atoms with Gasteiger partial charge in [0, 0.05) is 29.9 Å². The number of piperidine rings is 1. The van der Waals surface area contributed by atoms with Crippen LogP contribution in [0.4, 0.5) is 11.5 Å². The molecule has 0 bridgehead atoms. The summed E-state index contributed by atoms with van der Waals surface area (Å²) in [4.78, 5) is 14.9. The molecule has 0 radical (unpaired) electrons. The Bertz CT molecular complexity index is 1010. The van der Waals surface area contributed by atoms with Crippen LogP contribution >= 0.6 is 0 Å². The lowest BCUT2D eigenvalue weighted by Crippen LogP contribution is -2.33. The van der Waals surface area contributed by atoms with Crippen molar-refractivity contribution in [1.29, 1.82) is 0 Å². The zero-order valence-electron chi connectivity index (χ0n) is 18.0. The highest BCUT2D eigenvalue weighted by Crippen LogP contribution is 2.25. The number of rotatable bonds is 6. The molecular weight excluding hydrogens is 388 g/mol. The van der Waals surface area contributed by atoms with E-state index in [0.29, 0.717) is 17.9 Å². The maximum absolute atomic E-state index is 12.6. The molecule has 1 fully saturated rings. The lowest BCUT2D eigenvalue weighted by atomic mass is 9.99. The Morgan fingerprint density at radius 2 is 1.84 bits per heavy atom. The van der Waals surface area contributed by atoms with E-state index in [1.807, 2.05) is 43.3 Å². The molecule has 0 aliphatic carbocycles. The molecule has 6 nitrogen and oxygen atoms in total. The second-order valence-corrected chi connectivity index (χ2v) is 7.94. The molecule has 2 heterocycles. The van der Waals surface area contributed by atoms with Gasteiger partial charge in [-0.05, 0) is 74.2 Å². The molecule has 6 heteroatoms. The molecule has 1 N–H and O–H groups in total. The summed E-state index contributed by atoms with van der Waals surface area (Å²) < 4.78 is 5.43. The number of anilines is 2. The second-order valence-electron chi connectivity index (χ2n) is 7.94. The molecule has 0 atom stereocenters. The number of carbonyl (C=O) groups excluding carboxylic acids is 1. The fourth-order valence-electron chi connectivity index (χ4n) is 3.71. The molecule has 160 valence electrons. The minimum Gasteiger partial charge on any atom is -0.494 e. The van der Waals surface area contributed by atoms with Gasteiger partial charge in [-0.15, -0.1) is 10.2 Å². The number of benzene rings is 2. The van der Waals surface area contributed by atoms with Gasteiger partial charge in [0.1, 0.15) is 5.75 Å². The lowest BCUT2D eigenvalue weighted by molar-refractivity contribution is 0.102. The molecule has 1 aliphatic heterocycles. The van der Waals surface area contributed by atoms with Crippen LogP contribution in [0.2, 0.25) is 0 Å². The monoisotopic (exact) mass is 416 g/mol. The quantitative estimate of drug-likeness (QED) is 0.610. The number of hydrogen-bond acceptors (Lipinski definition) is 5. The first-order chi connectivity index (χ1) is 15.1. The van der Waals surface area contributed by atoms with Gasteiger partial charge in [0.25, 0.3) is 5.91 Å². The zero-order chi connectivity index (χ0) is 21.6. The average molecular weight is 417 g/mol. The Labute approximate surface area is 183 Å². The normalized spacial score (nSPS) is 14.3. The minimum absolute atomic E-state index is 0.166. The average Bonchev–Trinajstić information content (AvgIpc) is 2.81. The molecule has 4 rings (SSSR count). The summed E-state index contributed by atoms with van der Waals surface area (Å²) in [5.41, 5.74) is 2.99. The Kier molecular flexibility index (Phi) is 6.46. The van der Waals surface area contributed by atoms with Crippen LogP contribution in [-0.4, -0.2) is 35.8 Å². The summed E-state index contributed by atoms with van der Waals surface area (Å²) in [6.07, 6.45) is 2.39. The standard InChI is InChI=1S/C25H28N4O2/c1-3-31-22-9-7-19(8-10-22)25(30)26-21-6-4-5-20(17-21)23-11-12-24(28-27-23)29-15-13-18(2)14-16-29/h4-12,17-18H,3,13-16H2,1-2H3,(H,26,30). The van der Waals surface area contributed by atoms with Gasteiger partial charge in [0.05, 0.1) is 12.3 Å². The van der Waals surface area contributed by atoms with Gasteiger partial charge in [-0.2, -0.15) is 0 Å². The highest BCUT2D eigenvalue weighted by molar-refractivity contribution is 6.04. The van der Waals surface area contributed by atoms with Gasteiger partial charge in [-0.1, -0.05) is 19.1 Å². The fourth-order valence-corrected chi connectivity index (χ4v) is 3.71. The summed E-state index contributed by atoms with van der Waals surface area (Å²) in [6, 6.07) is 18.8. The van der Waals surface area contributed by atoms with Crippen molar-refractivity contribution in [2.75, 3.05) is 29.9 Å². The van der Waals surface area contributed by atoms with Crippen molar-refractivity contribution in [3.63, 3.8) is 0 Å². The van der Waals surface area contributed by atoms with Crippen LogP contribution in [0.15, 0.2) is 60.7 Å². The molecule has 1 aliphatic rings. The topological polar surface area (TPSA) is 67.3 Å². The molecule has 0 unspecified atom stereocenters. The van der Waals surface area contributed by atoms with E-state index in [1.165, 1.54) is 12.8 Å². The highest BCUT2D eigenvalue weighted by Gasteiger charge is 2.17. The van der Waals surface area contributed by atoms with Crippen molar-refractivity contribution in [3.8, 4) is 17.0 Å². The first kappa shape index (κ1) is 20.8. The van der Waals surface area contributed by atoms with Crippen LogP contribution < -0.4 is 15.0 Å². The van der Waals surface area contributed by atoms with Crippen LogP contribution in [0.1, 0.15) is 37.0 Å². The van der Waals surface area contributed by atoms with E-state index in [9.17, 15) is 4.79 Å². The second kappa shape index (κ2) is 9.60. The maximum atomic E-state index is 12.6. The molecule has 1 aromatic heterocycles. The van der Waals surface area contributed by atoms with E-state index < -0.39 is 0 Å². The van der Waals surface area contributed by atoms with Gasteiger partial charge >= 0.3 is 0 Å². The van der Waals surface area contributed by atoms with Crippen molar-refractivity contribution in [3.05, 3.63) is 66.2 Å². The van der Waals surface area contributed by atoms with Gasteiger partial charge in [-0.25, -0.2) is 0 Å². The van der Waals surface area contributed by atoms with Crippen molar-refractivity contribution in [1.82, 2.24) is 10.2 Å². The Morgan fingerprint density at radius 1 is 1.06 bits per heavy atom. The molecule has 1 saturated heterocycles. The summed E-state index contributed by atoms with van der Waals surface area (Å²) >= 11 is 0. The van der Waals surface area contributed by atoms with E-state index in [4.69, 9.17) is 4.74 Å². The third-order valence-electron chi connectivity index (χ3n) is 5.60. The third kappa shape index (κ3) is 5.20. The predicted molar refractivity (Wildman–Crippen MR) is 124 cm³/mol. The number of ether oxygens (including phenoxy) is 1. The van der Waals surface area contributed by atoms with Crippen molar-refractivity contribution in [2.24, 2.45) is 5.92 Å². The zero-order valence-corrected chi connectivity index (χ0v) is 18.0. The van der Waals surface area contributed by atoms with E-state index in [0.717, 1.165) is 41.8 Å². The van der Waals surface area contributed by atoms with E-state index in [1.54, 1.807) is 24.3 Å². The lowest BCUT2D eigenvalue weighted by Gasteiger charge is -2.30. The van der Waals surface area contributed by atoms with Gasteiger partial charge < -0.3 is 15.0 Å². The summed E-state index contributed by atoms with van der Waals surface area (Å²) in [5.74, 6) is 2.29. The first-order valence-electron chi connectivity index (χ1n) is 10.9. The van der Waals surface area contributed by atoms with Crippen LogP contribution in [0.25, 0.3) is 11.3 Å². The van der Waals surface area contributed by atoms with E-state index in [2.05, 4.69) is 27.3 Å². The maximum Gasteiger partial charge on any atom is 0.255 e. The summed E-state index contributed by atoms with van der Waals surface area (Å²) in [5, 5.41) is 11.8. The minimum atomic E-state index is -0.166.